The summed E-state index contributed by atoms with van der Waals surface area (Å²) in [4.78, 5) is 23.5. The van der Waals surface area contributed by atoms with Crippen molar-refractivity contribution >= 4 is 11.7 Å². The Hall–Kier alpha value is -1.95. The molecule has 0 aliphatic carbocycles. The van der Waals surface area contributed by atoms with E-state index in [1.165, 1.54) is 12.1 Å². The van der Waals surface area contributed by atoms with Gasteiger partial charge in [-0.2, -0.15) is 0 Å². The first kappa shape index (κ1) is 14.5. The third kappa shape index (κ3) is 3.33. The van der Waals surface area contributed by atoms with Crippen LogP contribution >= 0.6 is 0 Å². The van der Waals surface area contributed by atoms with Crippen molar-refractivity contribution in [3.63, 3.8) is 0 Å². The molecule has 0 spiro atoms. The Labute approximate surface area is 117 Å². The quantitative estimate of drug-likeness (QED) is 0.674. The lowest BCUT2D eigenvalue weighted by Crippen LogP contribution is -2.46. The predicted octanol–water partition coefficient (Wildman–Crippen LogP) is 2.28. The molecule has 6 nitrogen and oxygen atoms in total. The fourth-order valence-electron chi connectivity index (χ4n) is 2.64. The van der Waals surface area contributed by atoms with Crippen LogP contribution in [0.4, 0.5) is 5.69 Å². The second kappa shape index (κ2) is 6.00. The van der Waals surface area contributed by atoms with Crippen LogP contribution < -0.4 is 0 Å². The smallest absolute Gasteiger partial charge is 0.320 e. The van der Waals surface area contributed by atoms with Crippen LogP contribution in [0, 0.1) is 16.0 Å². The molecule has 1 N–H and O–H groups in total. The third-order valence-electron chi connectivity index (χ3n) is 3.77. The van der Waals surface area contributed by atoms with Crippen molar-refractivity contribution in [1.29, 1.82) is 0 Å². The number of benzene rings is 1. The predicted molar refractivity (Wildman–Crippen MR) is 73.3 cm³/mol. The molecule has 0 aromatic heterocycles. The number of nitrogens with zero attached hydrogens (tertiary/aromatic N) is 2. The zero-order valence-corrected chi connectivity index (χ0v) is 11.4. The number of hydrogen-bond donors (Lipinski definition) is 1. The number of hydrogen-bond acceptors (Lipinski definition) is 4. The molecule has 6 heteroatoms. The van der Waals surface area contributed by atoms with E-state index in [9.17, 15) is 20.0 Å². The van der Waals surface area contributed by atoms with Crippen molar-refractivity contribution in [1.82, 2.24) is 4.90 Å². The molecule has 0 amide bonds. The first-order valence-corrected chi connectivity index (χ1v) is 6.67. The number of rotatable bonds is 4. The van der Waals surface area contributed by atoms with Gasteiger partial charge in [-0.05, 0) is 30.9 Å². The molecule has 1 fully saturated rings. The van der Waals surface area contributed by atoms with E-state index >= 15 is 0 Å². The number of likely N-dealkylation sites (tertiary alicyclic amines) is 1. The van der Waals surface area contributed by atoms with Gasteiger partial charge in [0.2, 0.25) is 0 Å². The fourth-order valence-corrected chi connectivity index (χ4v) is 2.64. The first-order valence-electron chi connectivity index (χ1n) is 6.67. The van der Waals surface area contributed by atoms with E-state index < -0.39 is 16.9 Å². The van der Waals surface area contributed by atoms with E-state index in [0.717, 1.165) is 12.0 Å². The molecule has 1 heterocycles. The summed E-state index contributed by atoms with van der Waals surface area (Å²) in [6, 6.07) is 5.88. The maximum Gasteiger partial charge on any atom is 0.320 e. The molecular weight excluding hydrogens is 260 g/mol. The van der Waals surface area contributed by atoms with Crippen molar-refractivity contribution in [2.75, 3.05) is 6.54 Å². The minimum Gasteiger partial charge on any atom is -0.480 e. The van der Waals surface area contributed by atoms with E-state index in [4.69, 9.17) is 0 Å². The molecular formula is C14H18N2O4. The van der Waals surface area contributed by atoms with Crippen LogP contribution in [0.25, 0.3) is 0 Å². The normalized spacial score (nSPS) is 23.4. The second-order valence-corrected chi connectivity index (χ2v) is 5.38. The molecule has 1 aromatic rings. The number of piperidine rings is 1. The number of aliphatic carboxylic acids is 1. The Balaban J connectivity index is 2.13. The molecule has 0 radical (unpaired) electrons. The van der Waals surface area contributed by atoms with Gasteiger partial charge in [-0.15, -0.1) is 0 Å². The summed E-state index contributed by atoms with van der Waals surface area (Å²) in [7, 11) is 0. The number of carbonyl (C=O) groups is 1. The molecule has 2 atom stereocenters. The maximum atomic E-state index is 11.3. The van der Waals surface area contributed by atoms with Gasteiger partial charge in [-0.25, -0.2) is 0 Å². The minimum atomic E-state index is -0.818. The molecule has 0 saturated carbocycles. The van der Waals surface area contributed by atoms with Gasteiger partial charge in [0.1, 0.15) is 6.04 Å². The number of nitro groups is 1. The molecule has 1 aromatic carbocycles. The Morgan fingerprint density at radius 2 is 2.30 bits per heavy atom. The van der Waals surface area contributed by atoms with Gasteiger partial charge in [0.05, 0.1) is 4.92 Å². The van der Waals surface area contributed by atoms with Gasteiger partial charge in [0, 0.05) is 18.7 Å². The lowest BCUT2D eigenvalue weighted by molar-refractivity contribution is -0.384. The molecule has 108 valence electrons. The number of nitro benzene ring substituents is 1. The van der Waals surface area contributed by atoms with Crippen molar-refractivity contribution in [2.24, 2.45) is 5.92 Å². The Morgan fingerprint density at radius 3 is 2.95 bits per heavy atom. The highest BCUT2D eigenvalue weighted by Gasteiger charge is 2.31. The van der Waals surface area contributed by atoms with E-state index in [-0.39, 0.29) is 5.69 Å². The molecule has 2 unspecified atom stereocenters. The fraction of sp³-hybridized carbons (Fsp3) is 0.500. The van der Waals surface area contributed by atoms with Gasteiger partial charge >= 0.3 is 5.97 Å². The van der Waals surface area contributed by atoms with Crippen LogP contribution in [0.1, 0.15) is 25.3 Å². The average molecular weight is 278 g/mol. The number of carboxylic acid groups (broad SMARTS) is 1. The molecule has 0 bridgehead atoms. The summed E-state index contributed by atoms with van der Waals surface area (Å²) in [6.45, 7) is 3.20. The van der Waals surface area contributed by atoms with E-state index in [0.29, 0.717) is 25.4 Å². The standard InChI is InChI=1S/C14H18N2O4/c1-10-5-6-15(13(7-10)14(17)18)9-11-3-2-4-12(8-11)16(19)20/h2-4,8,10,13H,5-7,9H2,1H3,(H,17,18). The Morgan fingerprint density at radius 1 is 1.55 bits per heavy atom. The summed E-state index contributed by atoms with van der Waals surface area (Å²) in [6.07, 6.45) is 1.59. The summed E-state index contributed by atoms with van der Waals surface area (Å²) < 4.78 is 0. The summed E-state index contributed by atoms with van der Waals surface area (Å²) in [5.41, 5.74) is 0.819. The van der Waals surface area contributed by atoms with Gasteiger partial charge in [0.15, 0.2) is 0 Å². The highest BCUT2D eigenvalue weighted by Crippen LogP contribution is 2.25. The zero-order chi connectivity index (χ0) is 14.7. The molecule has 20 heavy (non-hydrogen) atoms. The van der Waals surface area contributed by atoms with Crippen LogP contribution in [0.15, 0.2) is 24.3 Å². The highest BCUT2D eigenvalue weighted by atomic mass is 16.6. The number of carboxylic acids is 1. The second-order valence-electron chi connectivity index (χ2n) is 5.38. The molecule has 1 aliphatic rings. The van der Waals surface area contributed by atoms with Gasteiger partial charge < -0.3 is 5.11 Å². The van der Waals surface area contributed by atoms with Crippen LogP contribution in [-0.2, 0) is 11.3 Å². The minimum absolute atomic E-state index is 0.0414. The highest BCUT2D eigenvalue weighted by molar-refractivity contribution is 5.73. The van der Waals surface area contributed by atoms with Crippen molar-refractivity contribution < 1.29 is 14.8 Å². The topological polar surface area (TPSA) is 83.7 Å². The summed E-state index contributed by atoms with van der Waals surface area (Å²) in [5, 5.41) is 20.1. The molecule has 2 rings (SSSR count). The van der Waals surface area contributed by atoms with Crippen molar-refractivity contribution in [2.45, 2.75) is 32.4 Å². The molecule has 1 aliphatic heterocycles. The Kier molecular flexibility index (Phi) is 4.34. The number of non-ortho nitro benzene ring substituents is 1. The van der Waals surface area contributed by atoms with Crippen LogP contribution in [0.2, 0.25) is 0 Å². The van der Waals surface area contributed by atoms with Gasteiger partial charge in [0.25, 0.3) is 5.69 Å². The van der Waals surface area contributed by atoms with E-state index in [1.54, 1.807) is 12.1 Å². The zero-order valence-electron chi connectivity index (χ0n) is 11.4. The van der Waals surface area contributed by atoms with Crippen LogP contribution in [-0.4, -0.2) is 33.5 Å². The maximum absolute atomic E-state index is 11.3. The van der Waals surface area contributed by atoms with Crippen molar-refractivity contribution in [3.05, 3.63) is 39.9 Å². The third-order valence-corrected chi connectivity index (χ3v) is 3.77. The van der Waals surface area contributed by atoms with Gasteiger partial charge in [-0.3, -0.25) is 19.8 Å². The van der Waals surface area contributed by atoms with E-state index in [2.05, 4.69) is 6.92 Å². The monoisotopic (exact) mass is 278 g/mol. The summed E-state index contributed by atoms with van der Waals surface area (Å²) >= 11 is 0. The van der Waals surface area contributed by atoms with E-state index in [1.807, 2.05) is 4.90 Å². The van der Waals surface area contributed by atoms with Crippen molar-refractivity contribution in [3.8, 4) is 0 Å². The lowest BCUT2D eigenvalue weighted by Gasteiger charge is -2.35. The lowest BCUT2D eigenvalue weighted by atomic mass is 9.92. The molecule has 1 saturated heterocycles. The first-order chi connectivity index (χ1) is 9.47. The largest absolute Gasteiger partial charge is 0.480 e. The van der Waals surface area contributed by atoms with Crippen LogP contribution in [0.3, 0.4) is 0 Å². The SMILES string of the molecule is CC1CCN(Cc2cccc([N+](=O)[O-])c2)C(C(=O)O)C1. The Bertz CT molecular complexity index is 518. The average Bonchev–Trinajstić information content (AvgIpc) is 2.41. The van der Waals surface area contributed by atoms with Gasteiger partial charge in [-0.1, -0.05) is 19.1 Å². The summed E-state index contributed by atoms with van der Waals surface area (Å²) in [5.74, 6) is -0.417. The van der Waals surface area contributed by atoms with Crippen LogP contribution in [0.5, 0.6) is 0 Å².